The SMILES string of the molecule is O=C(O)[C@@H]1CC[C@@](F)(C#Cc2cc(F)ccn2)C[C@H]1c1ccccc1. The fourth-order valence-electron chi connectivity index (χ4n) is 3.29. The minimum Gasteiger partial charge on any atom is -0.481 e. The van der Waals surface area contributed by atoms with Crippen molar-refractivity contribution in [3.8, 4) is 11.8 Å². The van der Waals surface area contributed by atoms with Crippen LogP contribution in [0.1, 0.15) is 36.4 Å². The van der Waals surface area contributed by atoms with E-state index in [9.17, 15) is 14.3 Å². The van der Waals surface area contributed by atoms with Crippen LogP contribution in [0.5, 0.6) is 0 Å². The number of alkyl halides is 1. The first-order valence-corrected chi connectivity index (χ1v) is 8.08. The maximum atomic E-state index is 15.2. The Morgan fingerprint density at radius 2 is 2.04 bits per heavy atom. The first-order valence-electron chi connectivity index (χ1n) is 8.08. The molecular formula is C20H17F2NO2. The number of rotatable bonds is 2. The largest absolute Gasteiger partial charge is 0.481 e. The lowest BCUT2D eigenvalue weighted by Crippen LogP contribution is -2.37. The third-order valence-corrected chi connectivity index (χ3v) is 4.56. The fraction of sp³-hybridized carbons (Fsp3) is 0.300. The zero-order chi connectivity index (χ0) is 17.9. The second kappa shape index (κ2) is 7.02. The molecule has 1 aromatic heterocycles. The summed E-state index contributed by atoms with van der Waals surface area (Å²) in [6.07, 6.45) is 1.51. The first kappa shape index (κ1) is 17.1. The summed E-state index contributed by atoms with van der Waals surface area (Å²) in [7, 11) is 0. The maximum Gasteiger partial charge on any atom is 0.307 e. The predicted octanol–water partition coefficient (Wildman–Crippen LogP) is 3.95. The quantitative estimate of drug-likeness (QED) is 0.842. The molecule has 1 saturated carbocycles. The van der Waals surface area contributed by atoms with E-state index in [2.05, 4.69) is 16.8 Å². The van der Waals surface area contributed by atoms with Gasteiger partial charge >= 0.3 is 5.97 Å². The Bertz CT molecular complexity index is 828. The Morgan fingerprint density at radius 1 is 1.28 bits per heavy atom. The van der Waals surface area contributed by atoms with Crippen molar-refractivity contribution >= 4 is 5.97 Å². The van der Waals surface area contributed by atoms with Gasteiger partial charge in [0.05, 0.1) is 5.92 Å². The first-order chi connectivity index (χ1) is 12.0. The van der Waals surface area contributed by atoms with Gasteiger partial charge in [0.1, 0.15) is 11.5 Å². The van der Waals surface area contributed by atoms with Gasteiger partial charge in [-0.15, -0.1) is 0 Å². The Hall–Kier alpha value is -2.74. The summed E-state index contributed by atoms with van der Waals surface area (Å²) >= 11 is 0. The minimum atomic E-state index is -1.82. The molecule has 3 nitrogen and oxygen atoms in total. The summed E-state index contributed by atoms with van der Waals surface area (Å²) in [5, 5.41) is 9.47. The van der Waals surface area contributed by atoms with E-state index in [1.165, 1.54) is 12.3 Å². The van der Waals surface area contributed by atoms with Crippen molar-refractivity contribution < 1.29 is 18.7 Å². The second-order valence-electron chi connectivity index (χ2n) is 6.28. The molecule has 1 fully saturated rings. The number of aliphatic carboxylic acids is 1. The monoisotopic (exact) mass is 341 g/mol. The number of carbonyl (C=O) groups is 1. The normalized spacial score (nSPS) is 25.7. The molecule has 0 saturated heterocycles. The van der Waals surface area contributed by atoms with Crippen LogP contribution in [0.25, 0.3) is 0 Å². The van der Waals surface area contributed by atoms with Gasteiger partial charge in [0.25, 0.3) is 0 Å². The van der Waals surface area contributed by atoms with Gasteiger partial charge in [-0.05, 0) is 30.4 Å². The molecule has 0 unspecified atom stereocenters. The van der Waals surface area contributed by atoms with E-state index in [0.717, 1.165) is 11.6 Å². The standard InChI is InChI=1S/C20H17F2NO2/c21-15-8-11-23-16(12-15)6-9-20(22)10-7-17(19(24)25)18(13-20)14-4-2-1-3-5-14/h1-5,8,11-12,17-18H,7,10,13H2,(H,24,25)/t17-,18+,20+/m1/s1. The Kier molecular flexibility index (Phi) is 4.80. The highest BCUT2D eigenvalue weighted by atomic mass is 19.1. The average molecular weight is 341 g/mol. The number of carboxylic acids is 1. The van der Waals surface area contributed by atoms with Crippen LogP contribution in [-0.4, -0.2) is 21.7 Å². The van der Waals surface area contributed by atoms with E-state index in [4.69, 9.17) is 0 Å². The average Bonchev–Trinajstić information content (AvgIpc) is 2.61. The molecule has 1 aromatic carbocycles. The molecule has 0 bridgehead atoms. The van der Waals surface area contributed by atoms with Crippen molar-refractivity contribution in [2.75, 3.05) is 0 Å². The molecule has 0 aliphatic heterocycles. The van der Waals surface area contributed by atoms with E-state index < -0.39 is 29.3 Å². The lowest BCUT2D eigenvalue weighted by molar-refractivity contribution is -0.144. The smallest absolute Gasteiger partial charge is 0.307 e. The highest BCUT2D eigenvalue weighted by Crippen LogP contribution is 2.44. The molecule has 0 amide bonds. The van der Waals surface area contributed by atoms with E-state index in [0.29, 0.717) is 0 Å². The summed E-state index contributed by atoms with van der Waals surface area (Å²) in [5.41, 5.74) is -0.864. The maximum absolute atomic E-state index is 15.2. The zero-order valence-electron chi connectivity index (χ0n) is 13.5. The van der Waals surface area contributed by atoms with E-state index >= 15 is 4.39 Å². The van der Waals surface area contributed by atoms with Gasteiger partial charge < -0.3 is 5.11 Å². The molecule has 5 heteroatoms. The van der Waals surface area contributed by atoms with Gasteiger partial charge in [0, 0.05) is 24.6 Å². The third kappa shape index (κ3) is 4.03. The number of aromatic nitrogens is 1. The number of hydrogen-bond acceptors (Lipinski definition) is 2. The van der Waals surface area contributed by atoms with Gasteiger partial charge in [0.15, 0.2) is 5.67 Å². The molecule has 1 heterocycles. The number of pyridine rings is 1. The number of benzene rings is 1. The fourth-order valence-corrected chi connectivity index (χ4v) is 3.29. The van der Waals surface area contributed by atoms with Gasteiger partial charge in [-0.25, -0.2) is 13.8 Å². The summed E-state index contributed by atoms with van der Waals surface area (Å²) in [6.45, 7) is 0. The van der Waals surface area contributed by atoms with Crippen LogP contribution >= 0.6 is 0 Å². The number of hydrogen-bond donors (Lipinski definition) is 1. The summed E-state index contributed by atoms with van der Waals surface area (Å²) < 4.78 is 28.4. The Labute approximate surface area is 144 Å². The third-order valence-electron chi connectivity index (χ3n) is 4.56. The lowest BCUT2D eigenvalue weighted by Gasteiger charge is -2.35. The van der Waals surface area contributed by atoms with Crippen molar-refractivity contribution in [3.63, 3.8) is 0 Å². The molecule has 3 atom stereocenters. The van der Waals surface area contributed by atoms with Crippen LogP contribution < -0.4 is 0 Å². The van der Waals surface area contributed by atoms with E-state index in [-0.39, 0.29) is 25.0 Å². The van der Waals surface area contributed by atoms with Gasteiger partial charge in [-0.1, -0.05) is 36.3 Å². The molecule has 1 aliphatic rings. The van der Waals surface area contributed by atoms with Crippen LogP contribution in [0.2, 0.25) is 0 Å². The molecule has 1 N–H and O–H groups in total. The van der Waals surface area contributed by atoms with Crippen molar-refractivity contribution in [2.45, 2.75) is 30.8 Å². The van der Waals surface area contributed by atoms with Crippen LogP contribution in [0.15, 0.2) is 48.7 Å². The number of carboxylic acid groups (broad SMARTS) is 1. The number of nitrogens with zero attached hydrogens (tertiary/aromatic N) is 1. The lowest BCUT2D eigenvalue weighted by atomic mass is 9.70. The molecule has 3 rings (SSSR count). The topological polar surface area (TPSA) is 50.2 Å². The molecule has 128 valence electrons. The summed E-state index contributed by atoms with van der Waals surface area (Å²) in [5.74, 6) is 2.66. The van der Waals surface area contributed by atoms with Crippen molar-refractivity contribution in [1.82, 2.24) is 4.98 Å². The van der Waals surface area contributed by atoms with Crippen LogP contribution in [0.3, 0.4) is 0 Å². The van der Waals surface area contributed by atoms with Crippen LogP contribution in [0.4, 0.5) is 8.78 Å². The summed E-state index contributed by atoms with van der Waals surface area (Å²) in [4.78, 5) is 15.5. The summed E-state index contributed by atoms with van der Waals surface area (Å²) in [6, 6.07) is 11.4. The highest BCUT2D eigenvalue weighted by molar-refractivity contribution is 5.71. The van der Waals surface area contributed by atoms with Gasteiger partial charge in [-0.3, -0.25) is 4.79 Å². The van der Waals surface area contributed by atoms with E-state index in [1.807, 2.05) is 30.3 Å². The van der Waals surface area contributed by atoms with Crippen LogP contribution in [-0.2, 0) is 4.79 Å². The second-order valence-corrected chi connectivity index (χ2v) is 6.28. The van der Waals surface area contributed by atoms with Crippen molar-refractivity contribution in [3.05, 3.63) is 65.7 Å². The minimum absolute atomic E-state index is 0.00367. The molecular weight excluding hydrogens is 324 g/mol. The van der Waals surface area contributed by atoms with Gasteiger partial charge in [-0.2, -0.15) is 0 Å². The van der Waals surface area contributed by atoms with Gasteiger partial charge in [0.2, 0.25) is 0 Å². The molecule has 25 heavy (non-hydrogen) atoms. The van der Waals surface area contributed by atoms with Crippen LogP contribution in [0, 0.1) is 23.6 Å². The molecule has 2 aromatic rings. The number of halogens is 2. The zero-order valence-corrected chi connectivity index (χ0v) is 13.5. The molecule has 1 aliphatic carbocycles. The van der Waals surface area contributed by atoms with E-state index in [1.54, 1.807) is 0 Å². The van der Waals surface area contributed by atoms with Crippen molar-refractivity contribution in [2.24, 2.45) is 5.92 Å². The molecule has 0 radical (unpaired) electrons. The van der Waals surface area contributed by atoms with Crippen molar-refractivity contribution in [1.29, 1.82) is 0 Å². The Balaban J connectivity index is 1.88. The highest BCUT2D eigenvalue weighted by Gasteiger charge is 2.43. The Morgan fingerprint density at radius 3 is 2.72 bits per heavy atom. The predicted molar refractivity (Wildman–Crippen MR) is 89.1 cm³/mol. The molecule has 0 spiro atoms.